The number of hydrogen-bond donors (Lipinski definition) is 0. The lowest BCUT2D eigenvalue weighted by Gasteiger charge is -1.87. The number of fused-ring (bicyclic) bond motifs is 1. The summed E-state index contributed by atoms with van der Waals surface area (Å²) in [6.45, 7) is 0.999. The van der Waals surface area contributed by atoms with Crippen LogP contribution in [-0.4, -0.2) is 18.6 Å². The van der Waals surface area contributed by atoms with E-state index in [0.717, 1.165) is 12.5 Å². The zero-order chi connectivity index (χ0) is 4.69. The van der Waals surface area contributed by atoms with Crippen LogP contribution in [0.15, 0.2) is 9.98 Å². The molecule has 1 aliphatic heterocycles. The Kier molecular flexibility index (Phi) is 0.451. The average molecular weight is 94.1 g/mol. The van der Waals surface area contributed by atoms with Crippen LogP contribution >= 0.6 is 0 Å². The SMILES string of the molecule is C1=NCC2CC2=N1. The molecule has 1 unspecified atom stereocenters. The van der Waals surface area contributed by atoms with Crippen molar-refractivity contribution in [1.82, 2.24) is 0 Å². The van der Waals surface area contributed by atoms with Gasteiger partial charge in [-0.15, -0.1) is 0 Å². The number of hydrogen-bond acceptors (Lipinski definition) is 2. The molecular weight excluding hydrogens is 88.1 g/mol. The van der Waals surface area contributed by atoms with Crippen molar-refractivity contribution < 1.29 is 0 Å². The summed E-state index contributed by atoms with van der Waals surface area (Å²) >= 11 is 0. The molecule has 1 heterocycles. The predicted molar refractivity (Wildman–Crippen MR) is 28.9 cm³/mol. The van der Waals surface area contributed by atoms with E-state index in [1.807, 2.05) is 0 Å². The second kappa shape index (κ2) is 0.941. The molecule has 0 bridgehead atoms. The lowest BCUT2D eigenvalue weighted by atomic mass is 10.4. The zero-order valence-corrected chi connectivity index (χ0v) is 3.96. The summed E-state index contributed by atoms with van der Waals surface area (Å²) in [7, 11) is 0. The molecule has 0 radical (unpaired) electrons. The maximum absolute atomic E-state index is 4.03. The van der Waals surface area contributed by atoms with Crippen LogP contribution in [0.1, 0.15) is 6.42 Å². The van der Waals surface area contributed by atoms with Gasteiger partial charge in [-0.05, 0) is 6.42 Å². The van der Waals surface area contributed by atoms with Gasteiger partial charge in [0.1, 0.15) is 6.34 Å². The molecule has 0 aromatic carbocycles. The maximum Gasteiger partial charge on any atom is 0.109 e. The van der Waals surface area contributed by atoms with Gasteiger partial charge in [0.05, 0.1) is 0 Å². The second-order valence-corrected chi connectivity index (χ2v) is 2.00. The average Bonchev–Trinajstić information content (AvgIpc) is 2.41. The highest BCUT2D eigenvalue weighted by atomic mass is 14.9. The molecule has 0 saturated heterocycles. The van der Waals surface area contributed by atoms with Crippen LogP contribution in [0.3, 0.4) is 0 Å². The molecule has 1 saturated carbocycles. The first kappa shape index (κ1) is 3.36. The first-order valence-corrected chi connectivity index (χ1v) is 2.51. The van der Waals surface area contributed by atoms with Gasteiger partial charge in [0.2, 0.25) is 0 Å². The highest BCUT2D eigenvalue weighted by molar-refractivity contribution is 6.05. The van der Waals surface area contributed by atoms with Gasteiger partial charge in [-0.1, -0.05) is 0 Å². The van der Waals surface area contributed by atoms with Crippen LogP contribution in [0.2, 0.25) is 0 Å². The Morgan fingerprint density at radius 1 is 1.71 bits per heavy atom. The van der Waals surface area contributed by atoms with Crippen LogP contribution in [0, 0.1) is 5.92 Å². The van der Waals surface area contributed by atoms with E-state index >= 15 is 0 Å². The van der Waals surface area contributed by atoms with Gasteiger partial charge in [-0.25, -0.2) is 4.99 Å². The van der Waals surface area contributed by atoms with Gasteiger partial charge in [0.15, 0.2) is 0 Å². The minimum absolute atomic E-state index is 0.755. The number of nitrogens with zero attached hydrogens (tertiary/aromatic N) is 2. The van der Waals surface area contributed by atoms with Crippen molar-refractivity contribution in [2.75, 3.05) is 6.54 Å². The van der Waals surface area contributed by atoms with Crippen molar-refractivity contribution in [2.45, 2.75) is 6.42 Å². The topological polar surface area (TPSA) is 24.7 Å². The number of rotatable bonds is 0. The first-order chi connectivity index (χ1) is 3.47. The molecule has 2 aliphatic rings. The van der Waals surface area contributed by atoms with Gasteiger partial charge in [0, 0.05) is 18.2 Å². The van der Waals surface area contributed by atoms with Gasteiger partial charge in [0.25, 0.3) is 0 Å². The summed E-state index contributed by atoms with van der Waals surface area (Å²) in [5, 5.41) is 0. The summed E-state index contributed by atoms with van der Waals surface area (Å²) in [5.41, 5.74) is 1.36. The molecule has 1 aliphatic carbocycles. The molecule has 36 valence electrons. The Hall–Kier alpha value is -0.660. The van der Waals surface area contributed by atoms with E-state index in [0.29, 0.717) is 0 Å². The molecule has 7 heavy (non-hydrogen) atoms. The van der Waals surface area contributed by atoms with E-state index < -0.39 is 0 Å². The molecule has 1 fully saturated rings. The van der Waals surface area contributed by atoms with Crippen molar-refractivity contribution >= 4 is 12.1 Å². The summed E-state index contributed by atoms with van der Waals surface area (Å²) in [5.74, 6) is 0.755. The van der Waals surface area contributed by atoms with Crippen LogP contribution < -0.4 is 0 Å². The van der Waals surface area contributed by atoms with E-state index in [4.69, 9.17) is 0 Å². The van der Waals surface area contributed by atoms with Gasteiger partial charge in [-0.3, -0.25) is 4.99 Å². The Morgan fingerprint density at radius 2 is 2.71 bits per heavy atom. The van der Waals surface area contributed by atoms with Gasteiger partial charge < -0.3 is 0 Å². The quantitative estimate of drug-likeness (QED) is 0.417. The predicted octanol–water partition coefficient (Wildman–Crippen LogP) is 0.489. The Bertz CT molecular complexity index is 146. The van der Waals surface area contributed by atoms with Crippen molar-refractivity contribution in [2.24, 2.45) is 15.9 Å². The summed E-state index contributed by atoms with van der Waals surface area (Å²) in [6.07, 6.45) is 2.87. The highest BCUT2D eigenvalue weighted by Gasteiger charge is 2.32. The Morgan fingerprint density at radius 3 is 3.29 bits per heavy atom. The lowest BCUT2D eigenvalue weighted by molar-refractivity contribution is 0.886. The van der Waals surface area contributed by atoms with Gasteiger partial charge >= 0.3 is 0 Å². The van der Waals surface area contributed by atoms with Gasteiger partial charge in [-0.2, -0.15) is 0 Å². The van der Waals surface area contributed by atoms with E-state index in [1.165, 1.54) is 12.1 Å². The van der Waals surface area contributed by atoms with E-state index in [9.17, 15) is 0 Å². The molecule has 0 amide bonds. The normalized spacial score (nSPS) is 34.3. The minimum atomic E-state index is 0.755. The molecule has 2 heteroatoms. The summed E-state index contributed by atoms with van der Waals surface area (Å²) < 4.78 is 0. The lowest BCUT2D eigenvalue weighted by Crippen LogP contribution is -1.91. The van der Waals surface area contributed by atoms with Crippen LogP contribution in [-0.2, 0) is 0 Å². The van der Waals surface area contributed by atoms with Crippen molar-refractivity contribution in [1.29, 1.82) is 0 Å². The standard InChI is InChI=1S/C5H6N2/c1-4-2-6-3-7-5(1)4/h3-4H,1-2H2. The molecule has 0 spiro atoms. The van der Waals surface area contributed by atoms with E-state index in [-0.39, 0.29) is 0 Å². The van der Waals surface area contributed by atoms with E-state index in [2.05, 4.69) is 9.98 Å². The fourth-order valence-electron chi connectivity index (χ4n) is 0.811. The third-order valence-electron chi connectivity index (χ3n) is 1.40. The van der Waals surface area contributed by atoms with Crippen molar-refractivity contribution in [3.05, 3.63) is 0 Å². The maximum atomic E-state index is 4.03. The van der Waals surface area contributed by atoms with Crippen LogP contribution in [0.25, 0.3) is 0 Å². The first-order valence-electron chi connectivity index (χ1n) is 2.51. The zero-order valence-electron chi connectivity index (χ0n) is 3.96. The van der Waals surface area contributed by atoms with Crippen LogP contribution in [0.5, 0.6) is 0 Å². The third kappa shape index (κ3) is 0.391. The molecule has 0 aromatic heterocycles. The molecule has 1 atom stereocenters. The minimum Gasteiger partial charge on any atom is -0.273 e. The largest absolute Gasteiger partial charge is 0.273 e. The summed E-state index contributed by atoms with van der Waals surface area (Å²) in [6, 6.07) is 0. The van der Waals surface area contributed by atoms with E-state index in [1.54, 1.807) is 6.34 Å². The second-order valence-electron chi connectivity index (χ2n) is 2.00. The van der Waals surface area contributed by atoms with Crippen molar-refractivity contribution in [3.8, 4) is 0 Å². The molecule has 0 aromatic rings. The third-order valence-corrected chi connectivity index (χ3v) is 1.40. The van der Waals surface area contributed by atoms with Crippen molar-refractivity contribution in [3.63, 3.8) is 0 Å². The fourth-order valence-corrected chi connectivity index (χ4v) is 0.811. The molecular formula is C5H6N2. The molecule has 2 nitrogen and oxygen atoms in total. The Balaban J connectivity index is 2.31. The highest BCUT2D eigenvalue weighted by Crippen LogP contribution is 2.27. The molecule has 0 N–H and O–H groups in total. The smallest absolute Gasteiger partial charge is 0.109 e. The molecule has 2 rings (SSSR count). The number of aliphatic imine (C=N–C) groups is 2. The summed E-state index contributed by atoms with van der Waals surface area (Å²) in [4.78, 5) is 8.02. The monoisotopic (exact) mass is 94.1 g/mol. The fraction of sp³-hybridized carbons (Fsp3) is 0.600. The Labute approximate surface area is 42.0 Å². The van der Waals surface area contributed by atoms with Crippen LogP contribution in [0.4, 0.5) is 0 Å².